The number of hydrogen-bond acceptors (Lipinski definition) is 6. The number of nitrogens with two attached hydrogens (primary N) is 1. The number of fused-ring (bicyclic) bond motifs is 2. The molecule has 0 radical (unpaired) electrons. The van der Waals surface area contributed by atoms with Crippen molar-refractivity contribution in [2.75, 3.05) is 19.7 Å². The van der Waals surface area contributed by atoms with E-state index in [-0.39, 0.29) is 30.0 Å². The van der Waals surface area contributed by atoms with Gasteiger partial charge in [-0.2, -0.15) is 0 Å². The highest BCUT2D eigenvalue weighted by Gasteiger charge is 2.52. The van der Waals surface area contributed by atoms with Gasteiger partial charge < -0.3 is 30.2 Å². The second-order valence-electron chi connectivity index (χ2n) is 7.59. The molecule has 3 aliphatic rings. The van der Waals surface area contributed by atoms with Crippen LogP contribution in [0.4, 0.5) is 0 Å². The second kappa shape index (κ2) is 7.28. The van der Waals surface area contributed by atoms with Crippen LogP contribution < -0.4 is 11.1 Å². The Balaban J connectivity index is 1.43. The molecule has 0 spiro atoms. The Morgan fingerprint density at radius 2 is 2.19 bits per heavy atom. The number of nitrogens with one attached hydrogen (secondary N) is 1. The molecule has 3 fully saturated rings. The molecular weight excluding hydrogens is 336 g/mol. The first-order valence-electron chi connectivity index (χ1n) is 9.36. The lowest BCUT2D eigenvalue weighted by molar-refractivity contribution is -0.186. The zero-order chi connectivity index (χ0) is 18.3. The van der Waals surface area contributed by atoms with Crippen molar-refractivity contribution in [2.45, 2.75) is 50.0 Å². The van der Waals surface area contributed by atoms with Crippen molar-refractivity contribution in [3.8, 4) is 0 Å². The van der Waals surface area contributed by atoms with Crippen LogP contribution in [-0.4, -0.2) is 70.8 Å². The standard InChI is InChI=1S/C18H28N4O4/c1-21-6-2-3-12(21)9-20-14-13-10-25-18(26-13)15(16(14)23)22-7-4-11(5-8-22)17(19)24/h2-3,6,11,13-16,18,20,23H,4-5,7-10H2,1H3,(H2,19,24)/t13-,14-,15+,16-,18+/m0/s1. The largest absolute Gasteiger partial charge is 0.390 e. The Hall–Kier alpha value is -1.45. The molecule has 8 nitrogen and oxygen atoms in total. The molecule has 3 aliphatic heterocycles. The number of nitrogens with zero attached hydrogens (tertiary/aromatic N) is 2. The molecule has 1 aromatic rings. The number of aryl methyl sites for hydroxylation is 1. The summed E-state index contributed by atoms with van der Waals surface area (Å²) in [6.45, 7) is 2.58. The van der Waals surface area contributed by atoms with Gasteiger partial charge in [0.25, 0.3) is 0 Å². The molecule has 144 valence electrons. The minimum atomic E-state index is -0.591. The third-order valence-electron chi connectivity index (χ3n) is 6.05. The van der Waals surface area contributed by atoms with Gasteiger partial charge in [0.1, 0.15) is 6.10 Å². The number of carbonyl (C=O) groups is 1. The van der Waals surface area contributed by atoms with Crippen molar-refractivity contribution in [1.29, 1.82) is 0 Å². The molecule has 5 atom stereocenters. The van der Waals surface area contributed by atoms with Gasteiger partial charge in [-0.1, -0.05) is 0 Å². The van der Waals surface area contributed by atoms with E-state index in [0.717, 1.165) is 18.5 Å². The summed E-state index contributed by atoms with van der Waals surface area (Å²) in [5.41, 5.74) is 6.58. The number of aromatic nitrogens is 1. The third kappa shape index (κ3) is 3.27. The van der Waals surface area contributed by atoms with Crippen LogP contribution in [0.5, 0.6) is 0 Å². The van der Waals surface area contributed by atoms with E-state index in [1.54, 1.807) is 0 Å². The zero-order valence-corrected chi connectivity index (χ0v) is 15.1. The number of primary amides is 1. The van der Waals surface area contributed by atoms with Crippen molar-refractivity contribution in [3.05, 3.63) is 24.0 Å². The van der Waals surface area contributed by atoms with Gasteiger partial charge in [0.15, 0.2) is 6.29 Å². The van der Waals surface area contributed by atoms with Crippen LogP contribution in [0, 0.1) is 5.92 Å². The summed E-state index contributed by atoms with van der Waals surface area (Å²) >= 11 is 0. The molecule has 0 unspecified atom stereocenters. The highest BCUT2D eigenvalue weighted by atomic mass is 16.7. The first-order valence-corrected chi connectivity index (χ1v) is 9.36. The van der Waals surface area contributed by atoms with E-state index < -0.39 is 12.4 Å². The Kier molecular flexibility index (Phi) is 5.02. The predicted molar refractivity (Wildman–Crippen MR) is 93.9 cm³/mol. The fraction of sp³-hybridized carbons (Fsp3) is 0.722. The van der Waals surface area contributed by atoms with Gasteiger partial charge in [0, 0.05) is 31.4 Å². The number of aliphatic hydroxyl groups excluding tert-OH is 1. The average molecular weight is 364 g/mol. The number of aliphatic hydroxyl groups is 1. The summed E-state index contributed by atoms with van der Waals surface area (Å²) < 4.78 is 13.9. The van der Waals surface area contributed by atoms with E-state index in [2.05, 4.69) is 20.9 Å². The number of piperidine rings is 1. The summed E-state index contributed by atoms with van der Waals surface area (Å²) in [6, 6.07) is 3.64. The van der Waals surface area contributed by atoms with Crippen LogP contribution in [0.25, 0.3) is 0 Å². The summed E-state index contributed by atoms with van der Waals surface area (Å²) in [5, 5.41) is 14.5. The molecule has 26 heavy (non-hydrogen) atoms. The topological polar surface area (TPSA) is 102 Å². The monoisotopic (exact) mass is 364 g/mol. The minimum Gasteiger partial charge on any atom is -0.390 e. The first kappa shape index (κ1) is 17.9. The first-order chi connectivity index (χ1) is 12.5. The quantitative estimate of drug-likeness (QED) is 0.630. The maximum absolute atomic E-state index is 11.4. The maximum Gasteiger partial charge on any atom is 0.220 e. The molecule has 3 saturated heterocycles. The molecule has 1 aromatic heterocycles. The lowest BCUT2D eigenvalue weighted by Gasteiger charge is -2.46. The molecule has 4 heterocycles. The van der Waals surface area contributed by atoms with Crippen LogP contribution >= 0.6 is 0 Å². The number of hydrogen-bond donors (Lipinski definition) is 3. The number of carbonyl (C=O) groups excluding carboxylic acids is 1. The van der Waals surface area contributed by atoms with E-state index in [1.165, 1.54) is 0 Å². The summed E-state index contributed by atoms with van der Waals surface area (Å²) in [6.07, 6.45) is 2.30. The fourth-order valence-corrected chi connectivity index (χ4v) is 4.43. The molecule has 0 aromatic carbocycles. The highest BCUT2D eigenvalue weighted by Crippen LogP contribution is 2.33. The summed E-state index contributed by atoms with van der Waals surface area (Å²) in [5.74, 6) is -0.305. The smallest absolute Gasteiger partial charge is 0.220 e. The SMILES string of the molecule is Cn1cccc1CN[C@@H]1[C@H](O)[C@@H](N2CCC(C(N)=O)CC2)[C@@H]2OC[C@@H]1O2. The van der Waals surface area contributed by atoms with E-state index in [4.69, 9.17) is 15.2 Å². The fourth-order valence-electron chi connectivity index (χ4n) is 4.43. The molecule has 4 N–H and O–H groups in total. The van der Waals surface area contributed by atoms with Gasteiger partial charge in [-0.15, -0.1) is 0 Å². The number of ether oxygens (including phenoxy) is 2. The molecule has 0 aliphatic carbocycles. The summed E-state index contributed by atoms with van der Waals surface area (Å²) in [7, 11) is 2.01. The highest BCUT2D eigenvalue weighted by molar-refractivity contribution is 5.76. The van der Waals surface area contributed by atoms with Crippen molar-refractivity contribution in [2.24, 2.45) is 18.7 Å². The molecule has 4 rings (SSSR count). The lowest BCUT2D eigenvalue weighted by Crippen LogP contribution is -2.65. The van der Waals surface area contributed by atoms with Gasteiger partial charge in [0.2, 0.25) is 5.91 Å². The molecule has 8 heteroatoms. The lowest BCUT2D eigenvalue weighted by atomic mass is 9.90. The second-order valence-corrected chi connectivity index (χ2v) is 7.59. The van der Waals surface area contributed by atoms with Crippen molar-refractivity contribution < 1.29 is 19.4 Å². The van der Waals surface area contributed by atoms with Gasteiger partial charge in [-0.05, 0) is 38.1 Å². The van der Waals surface area contributed by atoms with Crippen LogP contribution in [-0.2, 0) is 27.9 Å². The Morgan fingerprint density at radius 1 is 1.42 bits per heavy atom. The molecule has 2 bridgehead atoms. The maximum atomic E-state index is 11.4. The van der Waals surface area contributed by atoms with E-state index >= 15 is 0 Å². The van der Waals surface area contributed by atoms with Crippen LogP contribution in [0.2, 0.25) is 0 Å². The Morgan fingerprint density at radius 3 is 2.85 bits per heavy atom. The predicted octanol–water partition coefficient (Wildman–Crippen LogP) is -0.835. The van der Waals surface area contributed by atoms with E-state index in [1.807, 2.05) is 19.3 Å². The van der Waals surface area contributed by atoms with Gasteiger partial charge >= 0.3 is 0 Å². The van der Waals surface area contributed by atoms with Gasteiger partial charge in [-0.25, -0.2) is 0 Å². The van der Waals surface area contributed by atoms with E-state index in [0.29, 0.717) is 26.2 Å². The van der Waals surface area contributed by atoms with E-state index in [9.17, 15) is 9.90 Å². The van der Waals surface area contributed by atoms with Gasteiger partial charge in [-0.3, -0.25) is 9.69 Å². The van der Waals surface area contributed by atoms with Crippen molar-refractivity contribution in [1.82, 2.24) is 14.8 Å². The van der Waals surface area contributed by atoms with Crippen LogP contribution in [0.15, 0.2) is 18.3 Å². The number of amides is 1. The Labute approximate surface area is 153 Å². The Bertz CT molecular complexity index is 643. The molecule has 1 amide bonds. The van der Waals surface area contributed by atoms with Crippen molar-refractivity contribution >= 4 is 5.91 Å². The summed E-state index contributed by atoms with van der Waals surface area (Å²) in [4.78, 5) is 13.6. The number of likely N-dealkylation sites (tertiary alicyclic amines) is 1. The molecular formula is C18H28N4O4. The minimum absolute atomic E-state index is 0.0728. The zero-order valence-electron chi connectivity index (χ0n) is 15.1. The van der Waals surface area contributed by atoms with Crippen LogP contribution in [0.1, 0.15) is 18.5 Å². The van der Waals surface area contributed by atoms with Crippen molar-refractivity contribution in [3.63, 3.8) is 0 Å². The third-order valence-corrected chi connectivity index (χ3v) is 6.05. The normalized spacial score (nSPS) is 35.7. The van der Waals surface area contributed by atoms with Gasteiger partial charge in [0.05, 0.1) is 24.8 Å². The number of rotatable bonds is 5. The van der Waals surface area contributed by atoms with Crippen LogP contribution in [0.3, 0.4) is 0 Å². The average Bonchev–Trinajstić information content (AvgIpc) is 3.23. The molecule has 0 saturated carbocycles.